The van der Waals surface area contributed by atoms with Gasteiger partial charge in [0.15, 0.2) is 0 Å². The quantitative estimate of drug-likeness (QED) is 0.865. The second kappa shape index (κ2) is 7.03. The lowest BCUT2D eigenvalue weighted by Gasteiger charge is -2.37. The third kappa shape index (κ3) is 5.12. The van der Waals surface area contributed by atoms with Crippen LogP contribution >= 0.6 is 12.4 Å². The third-order valence-corrected chi connectivity index (χ3v) is 3.45. The number of carbonyl (C=O) groups is 1. The van der Waals surface area contributed by atoms with Crippen LogP contribution in [0.15, 0.2) is 24.3 Å². The molecule has 2 amide bonds. The Kier molecular flexibility index (Phi) is 5.90. The Bertz CT molecular complexity index is 459. The normalized spacial score (nSPS) is 15.4. The van der Waals surface area contributed by atoms with E-state index in [1.165, 1.54) is 11.3 Å². The average molecular weight is 312 g/mol. The molecule has 1 fully saturated rings. The van der Waals surface area contributed by atoms with Gasteiger partial charge in [-0.3, -0.25) is 0 Å². The van der Waals surface area contributed by atoms with Crippen molar-refractivity contribution in [1.82, 2.24) is 10.2 Å². The number of benzene rings is 1. The number of urea groups is 1. The van der Waals surface area contributed by atoms with Crippen molar-refractivity contribution in [2.45, 2.75) is 33.2 Å². The van der Waals surface area contributed by atoms with Gasteiger partial charge in [-0.2, -0.15) is 0 Å². The lowest BCUT2D eigenvalue weighted by atomic mass is 10.1. The molecule has 1 N–H and O–H groups in total. The molecule has 0 atom stereocenters. The highest BCUT2D eigenvalue weighted by Gasteiger charge is 2.23. The van der Waals surface area contributed by atoms with E-state index in [-0.39, 0.29) is 24.0 Å². The Hall–Kier alpha value is -1.42. The minimum absolute atomic E-state index is 0. The Labute approximate surface area is 133 Å². The van der Waals surface area contributed by atoms with Crippen LogP contribution in [0.4, 0.5) is 10.5 Å². The summed E-state index contributed by atoms with van der Waals surface area (Å²) in [6.07, 6.45) is 0. The smallest absolute Gasteiger partial charge is 0.317 e. The van der Waals surface area contributed by atoms with Crippen molar-refractivity contribution in [2.24, 2.45) is 0 Å². The maximum absolute atomic E-state index is 12.1. The predicted molar refractivity (Wildman–Crippen MR) is 90.5 cm³/mol. The largest absolute Gasteiger partial charge is 0.368 e. The molecular weight excluding hydrogens is 286 g/mol. The van der Waals surface area contributed by atoms with E-state index in [0.29, 0.717) is 0 Å². The average Bonchev–Trinajstić information content (AvgIpc) is 2.38. The summed E-state index contributed by atoms with van der Waals surface area (Å²) in [5.41, 5.74) is 2.34. The fourth-order valence-corrected chi connectivity index (χ4v) is 2.32. The van der Waals surface area contributed by atoms with Gasteiger partial charge in [-0.05, 0) is 39.8 Å². The molecule has 0 spiro atoms. The number of rotatable bonds is 1. The number of hydrogen-bond acceptors (Lipinski definition) is 2. The van der Waals surface area contributed by atoms with E-state index in [0.717, 1.165) is 26.2 Å². The molecule has 0 saturated carbocycles. The van der Waals surface area contributed by atoms with Crippen molar-refractivity contribution in [3.63, 3.8) is 0 Å². The summed E-state index contributed by atoms with van der Waals surface area (Å²) in [6, 6.07) is 8.61. The van der Waals surface area contributed by atoms with Crippen molar-refractivity contribution in [3.05, 3.63) is 29.8 Å². The van der Waals surface area contributed by atoms with Crippen LogP contribution in [0, 0.1) is 6.92 Å². The van der Waals surface area contributed by atoms with Gasteiger partial charge >= 0.3 is 6.03 Å². The first-order chi connectivity index (χ1) is 9.35. The SMILES string of the molecule is Cc1ccc(N2CCN(C(=O)NC(C)(C)C)CC2)cc1.Cl. The van der Waals surface area contributed by atoms with E-state index in [4.69, 9.17) is 0 Å². The van der Waals surface area contributed by atoms with E-state index in [1.807, 2.05) is 25.7 Å². The van der Waals surface area contributed by atoms with Gasteiger partial charge in [-0.1, -0.05) is 17.7 Å². The maximum Gasteiger partial charge on any atom is 0.317 e. The molecule has 1 aliphatic rings. The third-order valence-electron chi connectivity index (χ3n) is 3.45. The molecule has 0 aliphatic carbocycles. The molecule has 21 heavy (non-hydrogen) atoms. The predicted octanol–water partition coefficient (Wildman–Crippen LogP) is 3.05. The van der Waals surface area contributed by atoms with Gasteiger partial charge in [0, 0.05) is 37.4 Å². The molecule has 0 aromatic heterocycles. The maximum atomic E-state index is 12.1. The van der Waals surface area contributed by atoms with Gasteiger partial charge < -0.3 is 15.1 Å². The second-order valence-electron chi connectivity index (χ2n) is 6.49. The molecule has 118 valence electrons. The Balaban J connectivity index is 0.00000220. The summed E-state index contributed by atoms with van der Waals surface area (Å²) in [4.78, 5) is 16.3. The van der Waals surface area contributed by atoms with Crippen LogP contribution in [-0.2, 0) is 0 Å². The molecular formula is C16H26ClN3O. The molecule has 5 heteroatoms. The first-order valence-electron chi connectivity index (χ1n) is 7.24. The number of amides is 2. The molecule has 0 radical (unpaired) electrons. The molecule has 1 aromatic carbocycles. The van der Waals surface area contributed by atoms with Crippen molar-refractivity contribution in [1.29, 1.82) is 0 Å². The lowest BCUT2D eigenvalue weighted by molar-refractivity contribution is 0.185. The van der Waals surface area contributed by atoms with Gasteiger partial charge in [0.2, 0.25) is 0 Å². The number of aryl methyl sites for hydroxylation is 1. The second-order valence-corrected chi connectivity index (χ2v) is 6.49. The van der Waals surface area contributed by atoms with Crippen molar-refractivity contribution < 1.29 is 4.79 Å². The zero-order valence-electron chi connectivity index (χ0n) is 13.3. The highest BCUT2D eigenvalue weighted by molar-refractivity contribution is 5.85. The van der Waals surface area contributed by atoms with Crippen molar-refractivity contribution >= 4 is 24.1 Å². The van der Waals surface area contributed by atoms with Crippen LogP contribution < -0.4 is 10.2 Å². The molecule has 1 saturated heterocycles. The van der Waals surface area contributed by atoms with Gasteiger partial charge in [-0.15, -0.1) is 12.4 Å². The minimum atomic E-state index is -0.175. The van der Waals surface area contributed by atoms with Crippen LogP contribution in [0.1, 0.15) is 26.3 Å². The summed E-state index contributed by atoms with van der Waals surface area (Å²) in [5, 5.41) is 3.02. The number of hydrogen-bond donors (Lipinski definition) is 1. The molecule has 0 unspecified atom stereocenters. The van der Waals surface area contributed by atoms with Gasteiger partial charge in [0.1, 0.15) is 0 Å². The van der Waals surface area contributed by atoms with Crippen LogP contribution in [0.5, 0.6) is 0 Å². The zero-order valence-corrected chi connectivity index (χ0v) is 14.2. The molecule has 1 aromatic rings. The fourth-order valence-electron chi connectivity index (χ4n) is 2.32. The zero-order chi connectivity index (χ0) is 14.8. The number of anilines is 1. The molecule has 0 bridgehead atoms. The summed E-state index contributed by atoms with van der Waals surface area (Å²) < 4.78 is 0. The Morgan fingerprint density at radius 3 is 2.05 bits per heavy atom. The number of halogens is 1. The van der Waals surface area contributed by atoms with E-state index >= 15 is 0 Å². The van der Waals surface area contributed by atoms with Crippen LogP contribution in [0.3, 0.4) is 0 Å². The van der Waals surface area contributed by atoms with Gasteiger partial charge in [0.25, 0.3) is 0 Å². The van der Waals surface area contributed by atoms with E-state index < -0.39 is 0 Å². The number of nitrogens with one attached hydrogen (secondary N) is 1. The molecule has 1 heterocycles. The lowest BCUT2D eigenvalue weighted by Crippen LogP contribution is -2.55. The van der Waals surface area contributed by atoms with Crippen molar-refractivity contribution in [3.8, 4) is 0 Å². The first-order valence-corrected chi connectivity index (χ1v) is 7.24. The van der Waals surface area contributed by atoms with Crippen LogP contribution in [0.2, 0.25) is 0 Å². The Morgan fingerprint density at radius 2 is 1.57 bits per heavy atom. The number of carbonyl (C=O) groups excluding carboxylic acids is 1. The van der Waals surface area contributed by atoms with E-state index in [2.05, 4.69) is 41.4 Å². The highest BCUT2D eigenvalue weighted by atomic mass is 35.5. The van der Waals surface area contributed by atoms with Crippen LogP contribution in [0.25, 0.3) is 0 Å². The van der Waals surface area contributed by atoms with Crippen molar-refractivity contribution in [2.75, 3.05) is 31.1 Å². The minimum Gasteiger partial charge on any atom is -0.368 e. The topological polar surface area (TPSA) is 35.6 Å². The first kappa shape index (κ1) is 17.6. The number of piperazine rings is 1. The highest BCUT2D eigenvalue weighted by Crippen LogP contribution is 2.17. The van der Waals surface area contributed by atoms with Gasteiger partial charge in [-0.25, -0.2) is 4.79 Å². The fraction of sp³-hybridized carbons (Fsp3) is 0.562. The standard InChI is InChI=1S/C16H25N3O.ClH/c1-13-5-7-14(8-6-13)18-9-11-19(12-10-18)15(20)17-16(2,3)4;/h5-8H,9-12H2,1-4H3,(H,17,20);1H. The summed E-state index contributed by atoms with van der Waals surface area (Å²) in [5.74, 6) is 0. The summed E-state index contributed by atoms with van der Waals surface area (Å²) in [7, 11) is 0. The molecule has 4 nitrogen and oxygen atoms in total. The molecule has 1 aliphatic heterocycles. The van der Waals surface area contributed by atoms with Crippen LogP contribution in [-0.4, -0.2) is 42.6 Å². The summed E-state index contributed by atoms with van der Waals surface area (Å²) >= 11 is 0. The summed E-state index contributed by atoms with van der Waals surface area (Å²) in [6.45, 7) is 11.4. The van der Waals surface area contributed by atoms with E-state index in [9.17, 15) is 4.79 Å². The molecule has 2 rings (SSSR count). The number of nitrogens with zero attached hydrogens (tertiary/aromatic N) is 2. The Morgan fingerprint density at radius 1 is 1.05 bits per heavy atom. The monoisotopic (exact) mass is 311 g/mol. The van der Waals surface area contributed by atoms with E-state index in [1.54, 1.807) is 0 Å². The van der Waals surface area contributed by atoms with Gasteiger partial charge in [0.05, 0.1) is 0 Å².